The standard InChI is InChI=1S/C17H25N3O3.ClH/c1-3-14-4-5-15(12-16(14)20(22)23)17(21)19-10-7-13(8-11-19)6-9-18-2;/h4-5,12-13,18H,3,6-11H2,1-2H3;1H. The van der Waals surface area contributed by atoms with E-state index < -0.39 is 4.92 Å². The fourth-order valence-electron chi connectivity index (χ4n) is 3.12. The summed E-state index contributed by atoms with van der Waals surface area (Å²) in [5.41, 5.74) is 1.13. The molecule has 1 heterocycles. The number of nitro groups is 1. The highest BCUT2D eigenvalue weighted by Crippen LogP contribution is 2.24. The Morgan fingerprint density at radius 1 is 1.38 bits per heavy atom. The average Bonchev–Trinajstić information content (AvgIpc) is 2.59. The fourth-order valence-corrected chi connectivity index (χ4v) is 3.12. The second kappa shape index (κ2) is 9.59. The van der Waals surface area contributed by atoms with Gasteiger partial charge in [-0.15, -0.1) is 12.4 Å². The van der Waals surface area contributed by atoms with Crippen LogP contribution in [0.15, 0.2) is 18.2 Å². The van der Waals surface area contributed by atoms with Gasteiger partial charge in [-0.25, -0.2) is 0 Å². The highest BCUT2D eigenvalue weighted by atomic mass is 35.5. The molecule has 134 valence electrons. The molecule has 0 unspecified atom stereocenters. The number of piperidine rings is 1. The zero-order valence-corrected chi connectivity index (χ0v) is 15.1. The number of nitrogens with zero attached hydrogens (tertiary/aromatic N) is 2. The maximum atomic E-state index is 12.6. The molecular weight excluding hydrogens is 330 g/mol. The van der Waals surface area contributed by atoms with Gasteiger partial charge in [-0.05, 0) is 51.3 Å². The Morgan fingerprint density at radius 3 is 2.58 bits per heavy atom. The van der Waals surface area contributed by atoms with Gasteiger partial charge in [-0.3, -0.25) is 14.9 Å². The molecule has 1 aliphatic heterocycles. The number of nitrogens with one attached hydrogen (secondary N) is 1. The molecule has 1 aromatic rings. The Morgan fingerprint density at radius 2 is 2.04 bits per heavy atom. The third-order valence-corrected chi connectivity index (χ3v) is 4.61. The molecule has 1 aromatic carbocycles. The molecule has 0 spiro atoms. The molecule has 2 rings (SSSR count). The van der Waals surface area contributed by atoms with Gasteiger partial charge >= 0.3 is 0 Å². The lowest BCUT2D eigenvalue weighted by Crippen LogP contribution is -2.39. The van der Waals surface area contributed by atoms with Gasteiger partial charge in [0.2, 0.25) is 0 Å². The van der Waals surface area contributed by atoms with Crippen LogP contribution in [0.1, 0.15) is 42.1 Å². The van der Waals surface area contributed by atoms with E-state index in [0.717, 1.165) is 38.9 Å². The minimum Gasteiger partial charge on any atom is -0.339 e. The number of hydrogen-bond donors (Lipinski definition) is 1. The van der Waals surface area contributed by atoms with Gasteiger partial charge in [0.1, 0.15) is 0 Å². The Hall–Kier alpha value is -1.66. The Bertz CT molecular complexity index is 572. The Balaban J connectivity index is 0.00000288. The van der Waals surface area contributed by atoms with Crippen LogP contribution in [0.3, 0.4) is 0 Å². The van der Waals surface area contributed by atoms with Crippen molar-refractivity contribution >= 4 is 24.0 Å². The number of halogens is 1. The number of rotatable bonds is 6. The lowest BCUT2D eigenvalue weighted by molar-refractivity contribution is -0.385. The summed E-state index contributed by atoms with van der Waals surface area (Å²) in [7, 11) is 1.95. The molecule has 1 saturated heterocycles. The van der Waals surface area contributed by atoms with Crippen LogP contribution in [0.2, 0.25) is 0 Å². The summed E-state index contributed by atoms with van der Waals surface area (Å²) in [6.45, 7) is 4.34. The molecule has 24 heavy (non-hydrogen) atoms. The van der Waals surface area contributed by atoms with Crippen molar-refractivity contribution in [2.45, 2.75) is 32.6 Å². The summed E-state index contributed by atoms with van der Waals surface area (Å²) in [5, 5.41) is 14.3. The van der Waals surface area contributed by atoms with Gasteiger partial charge in [-0.1, -0.05) is 13.0 Å². The molecule has 1 amide bonds. The van der Waals surface area contributed by atoms with Crippen LogP contribution in [0.4, 0.5) is 5.69 Å². The maximum absolute atomic E-state index is 12.6. The van der Waals surface area contributed by atoms with Crippen LogP contribution in [-0.2, 0) is 6.42 Å². The highest BCUT2D eigenvalue weighted by molar-refractivity contribution is 5.95. The van der Waals surface area contributed by atoms with Gasteiger partial charge in [0.15, 0.2) is 0 Å². The summed E-state index contributed by atoms with van der Waals surface area (Å²) < 4.78 is 0. The number of hydrogen-bond acceptors (Lipinski definition) is 4. The summed E-state index contributed by atoms with van der Waals surface area (Å²) >= 11 is 0. The predicted molar refractivity (Wildman–Crippen MR) is 96.9 cm³/mol. The van der Waals surface area contributed by atoms with Crippen molar-refractivity contribution in [1.29, 1.82) is 0 Å². The molecule has 0 radical (unpaired) electrons. The monoisotopic (exact) mass is 355 g/mol. The summed E-state index contributed by atoms with van der Waals surface area (Å²) in [4.78, 5) is 25.2. The third-order valence-electron chi connectivity index (χ3n) is 4.61. The van der Waals surface area contributed by atoms with Crippen molar-refractivity contribution in [3.8, 4) is 0 Å². The second-order valence-corrected chi connectivity index (χ2v) is 6.08. The zero-order valence-electron chi connectivity index (χ0n) is 14.3. The average molecular weight is 356 g/mol. The van der Waals surface area contributed by atoms with E-state index in [-0.39, 0.29) is 24.0 Å². The number of carbonyl (C=O) groups excluding carboxylic acids is 1. The second-order valence-electron chi connectivity index (χ2n) is 6.08. The molecule has 7 heteroatoms. The van der Waals surface area contributed by atoms with Gasteiger partial charge in [0.25, 0.3) is 11.6 Å². The van der Waals surface area contributed by atoms with Crippen LogP contribution < -0.4 is 5.32 Å². The van der Waals surface area contributed by atoms with Gasteiger partial charge in [0.05, 0.1) is 4.92 Å². The van der Waals surface area contributed by atoms with Crippen molar-refractivity contribution in [3.05, 3.63) is 39.4 Å². The van der Waals surface area contributed by atoms with E-state index in [0.29, 0.717) is 23.5 Å². The number of nitro benzene ring substituents is 1. The predicted octanol–water partition coefficient (Wildman–Crippen LogP) is 3.04. The summed E-state index contributed by atoms with van der Waals surface area (Å²) in [5.74, 6) is 0.561. The molecule has 0 atom stereocenters. The Kier molecular flexibility index (Phi) is 8.15. The van der Waals surface area contributed by atoms with Crippen molar-refractivity contribution in [2.75, 3.05) is 26.7 Å². The van der Waals surface area contributed by atoms with Crippen LogP contribution >= 0.6 is 12.4 Å². The number of carbonyl (C=O) groups is 1. The van der Waals surface area contributed by atoms with Crippen molar-refractivity contribution < 1.29 is 9.72 Å². The molecule has 1 N–H and O–H groups in total. The van der Waals surface area contributed by atoms with E-state index >= 15 is 0 Å². The number of benzene rings is 1. The Labute approximate surface area is 149 Å². The van der Waals surface area contributed by atoms with Crippen molar-refractivity contribution in [1.82, 2.24) is 10.2 Å². The first kappa shape index (κ1) is 20.4. The molecule has 1 fully saturated rings. The van der Waals surface area contributed by atoms with E-state index in [9.17, 15) is 14.9 Å². The molecule has 0 aliphatic carbocycles. The van der Waals surface area contributed by atoms with Crippen LogP contribution in [0, 0.1) is 16.0 Å². The van der Waals surface area contributed by atoms with Gasteiger partial charge in [-0.2, -0.15) is 0 Å². The topological polar surface area (TPSA) is 75.5 Å². The van der Waals surface area contributed by atoms with E-state index in [1.165, 1.54) is 6.07 Å². The third kappa shape index (κ3) is 4.92. The van der Waals surface area contributed by atoms with E-state index in [1.54, 1.807) is 12.1 Å². The van der Waals surface area contributed by atoms with Crippen LogP contribution in [0.25, 0.3) is 0 Å². The molecular formula is C17H26ClN3O3. The molecule has 1 aliphatic rings. The highest BCUT2D eigenvalue weighted by Gasteiger charge is 2.25. The first-order valence-corrected chi connectivity index (χ1v) is 8.28. The molecule has 0 bridgehead atoms. The van der Waals surface area contributed by atoms with Gasteiger partial charge < -0.3 is 10.2 Å². The van der Waals surface area contributed by atoms with E-state index in [4.69, 9.17) is 0 Å². The SMILES string of the molecule is CCc1ccc(C(=O)N2CCC(CCNC)CC2)cc1[N+](=O)[O-].Cl. The van der Waals surface area contributed by atoms with E-state index in [1.807, 2.05) is 18.9 Å². The molecule has 0 aromatic heterocycles. The first-order chi connectivity index (χ1) is 11.1. The smallest absolute Gasteiger partial charge is 0.273 e. The zero-order chi connectivity index (χ0) is 16.8. The summed E-state index contributed by atoms with van der Waals surface area (Å²) in [6, 6.07) is 4.83. The van der Waals surface area contributed by atoms with E-state index in [2.05, 4.69) is 5.32 Å². The fraction of sp³-hybridized carbons (Fsp3) is 0.588. The number of amides is 1. The minimum atomic E-state index is -0.403. The lowest BCUT2D eigenvalue weighted by atomic mass is 9.93. The maximum Gasteiger partial charge on any atom is 0.273 e. The lowest BCUT2D eigenvalue weighted by Gasteiger charge is -2.32. The minimum absolute atomic E-state index is 0. The van der Waals surface area contributed by atoms with Crippen LogP contribution in [0.5, 0.6) is 0 Å². The summed E-state index contributed by atoms with van der Waals surface area (Å²) in [6.07, 6.45) is 3.72. The molecule has 6 nitrogen and oxygen atoms in total. The molecule has 0 saturated carbocycles. The number of likely N-dealkylation sites (tertiary alicyclic amines) is 1. The van der Waals surface area contributed by atoms with Crippen LogP contribution in [-0.4, -0.2) is 42.4 Å². The van der Waals surface area contributed by atoms with Crippen molar-refractivity contribution in [2.24, 2.45) is 5.92 Å². The quantitative estimate of drug-likeness (QED) is 0.628. The first-order valence-electron chi connectivity index (χ1n) is 8.28. The normalized spacial score (nSPS) is 15.0. The van der Waals surface area contributed by atoms with Gasteiger partial charge in [0, 0.05) is 30.3 Å². The number of aryl methyl sites for hydroxylation is 1. The largest absolute Gasteiger partial charge is 0.339 e. The van der Waals surface area contributed by atoms with Crippen molar-refractivity contribution in [3.63, 3.8) is 0 Å².